The van der Waals surface area contributed by atoms with Crippen LogP contribution in [0.25, 0.3) is 5.69 Å². The summed E-state index contributed by atoms with van der Waals surface area (Å²) in [4.78, 5) is 39.0. The molecular weight excluding hydrogens is 455 g/mol. The van der Waals surface area contributed by atoms with E-state index in [1.807, 2.05) is 0 Å². The number of halogens is 2. The fraction of sp³-hybridized carbons (Fsp3) is 0.0909. The van der Waals surface area contributed by atoms with Crippen molar-refractivity contribution in [3.8, 4) is 5.69 Å². The SMILES string of the molecule is O=C(NCc1ccco1)c1nn(-c2ccc(Cl)cc2)c(=O)n(Cc2cccc(Cl)c2)c1=O. The maximum absolute atomic E-state index is 13.1. The summed E-state index contributed by atoms with van der Waals surface area (Å²) in [6, 6.07) is 16.4. The summed E-state index contributed by atoms with van der Waals surface area (Å²) in [5, 5.41) is 7.55. The Bertz CT molecular complexity index is 1380. The van der Waals surface area contributed by atoms with E-state index < -0.39 is 22.9 Å². The number of benzene rings is 2. The standard InChI is InChI=1S/C22H16Cl2N4O4/c23-15-6-8-17(9-7-15)28-22(31)27(13-14-3-1-4-16(24)11-14)21(30)19(26-28)20(29)25-12-18-5-2-10-32-18/h1-11H,12-13H2,(H,25,29). The molecule has 0 unspecified atom stereocenters. The van der Waals surface area contributed by atoms with Crippen LogP contribution in [-0.2, 0) is 13.1 Å². The molecule has 0 radical (unpaired) electrons. The predicted octanol–water partition coefficient (Wildman–Crippen LogP) is 3.27. The van der Waals surface area contributed by atoms with Crippen molar-refractivity contribution in [2.24, 2.45) is 0 Å². The van der Waals surface area contributed by atoms with Gasteiger partial charge in [-0.25, -0.2) is 4.79 Å². The molecule has 10 heteroatoms. The lowest BCUT2D eigenvalue weighted by Gasteiger charge is -2.12. The lowest BCUT2D eigenvalue weighted by Crippen LogP contribution is -2.46. The van der Waals surface area contributed by atoms with Crippen LogP contribution in [0, 0.1) is 0 Å². The summed E-state index contributed by atoms with van der Waals surface area (Å²) in [5.41, 5.74) is -1.00. The monoisotopic (exact) mass is 470 g/mol. The maximum atomic E-state index is 13.1. The van der Waals surface area contributed by atoms with E-state index in [0.29, 0.717) is 27.1 Å². The largest absolute Gasteiger partial charge is 0.467 e. The number of aromatic nitrogens is 3. The first-order valence-corrected chi connectivity index (χ1v) is 10.2. The molecule has 2 aromatic heterocycles. The van der Waals surface area contributed by atoms with Gasteiger partial charge in [0.25, 0.3) is 11.5 Å². The van der Waals surface area contributed by atoms with Crippen LogP contribution >= 0.6 is 23.2 Å². The number of carbonyl (C=O) groups is 1. The van der Waals surface area contributed by atoms with Crippen LogP contribution in [-0.4, -0.2) is 20.3 Å². The second-order valence-electron chi connectivity index (χ2n) is 6.80. The Balaban J connectivity index is 1.80. The van der Waals surface area contributed by atoms with Crippen LogP contribution < -0.4 is 16.6 Å². The molecule has 0 aliphatic heterocycles. The van der Waals surface area contributed by atoms with Gasteiger partial charge in [-0.1, -0.05) is 35.3 Å². The van der Waals surface area contributed by atoms with Crippen molar-refractivity contribution in [1.29, 1.82) is 0 Å². The van der Waals surface area contributed by atoms with Gasteiger partial charge in [-0.3, -0.25) is 14.2 Å². The van der Waals surface area contributed by atoms with Gasteiger partial charge in [-0.05, 0) is 54.1 Å². The Labute approximate surface area is 191 Å². The van der Waals surface area contributed by atoms with Gasteiger partial charge in [-0.15, -0.1) is 0 Å². The molecule has 0 saturated heterocycles. The highest BCUT2D eigenvalue weighted by Gasteiger charge is 2.20. The minimum Gasteiger partial charge on any atom is -0.467 e. The van der Waals surface area contributed by atoms with E-state index in [9.17, 15) is 14.4 Å². The van der Waals surface area contributed by atoms with Gasteiger partial charge in [0.05, 0.1) is 25.0 Å². The smallest absolute Gasteiger partial charge is 0.352 e. The van der Waals surface area contributed by atoms with E-state index in [1.54, 1.807) is 60.7 Å². The van der Waals surface area contributed by atoms with Gasteiger partial charge in [0, 0.05) is 10.0 Å². The topological polar surface area (TPSA) is 99.1 Å². The van der Waals surface area contributed by atoms with Crippen LogP contribution in [0.15, 0.2) is 80.9 Å². The molecule has 4 rings (SSSR count). The molecule has 4 aromatic rings. The highest BCUT2D eigenvalue weighted by atomic mass is 35.5. The third kappa shape index (κ3) is 4.66. The zero-order chi connectivity index (χ0) is 22.7. The minimum absolute atomic E-state index is 0.0569. The Morgan fingerprint density at radius 1 is 1.00 bits per heavy atom. The first-order chi connectivity index (χ1) is 15.4. The lowest BCUT2D eigenvalue weighted by molar-refractivity contribution is 0.0938. The molecule has 1 amide bonds. The Morgan fingerprint density at radius 3 is 2.47 bits per heavy atom. The fourth-order valence-corrected chi connectivity index (χ4v) is 3.37. The molecule has 1 N–H and O–H groups in total. The summed E-state index contributed by atoms with van der Waals surface area (Å²) < 4.78 is 7.12. The second-order valence-corrected chi connectivity index (χ2v) is 7.68. The van der Waals surface area contributed by atoms with E-state index in [-0.39, 0.29) is 13.1 Å². The molecule has 2 heterocycles. The van der Waals surface area contributed by atoms with Gasteiger partial charge in [0.1, 0.15) is 5.76 Å². The Kier molecular flexibility index (Phi) is 6.25. The number of hydrogen-bond donors (Lipinski definition) is 1. The zero-order valence-corrected chi connectivity index (χ0v) is 18.0. The second kappa shape index (κ2) is 9.25. The number of nitrogens with zero attached hydrogens (tertiary/aromatic N) is 3. The molecule has 0 saturated carbocycles. The Morgan fingerprint density at radius 2 is 1.78 bits per heavy atom. The van der Waals surface area contributed by atoms with Crippen molar-refractivity contribution in [3.63, 3.8) is 0 Å². The number of nitrogens with one attached hydrogen (secondary N) is 1. The Hall–Kier alpha value is -3.62. The van der Waals surface area contributed by atoms with Crippen molar-refractivity contribution in [3.05, 3.63) is 115 Å². The minimum atomic E-state index is -0.822. The molecule has 162 valence electrons. The average molecular weight is 471 g/mol. The highest BCUT2D eigenvalue weighted by molar-refractivity contribution is 6.30. The fourth-order valence-electron chi connectivity index (χ4n) is 3.03. The number of amides is 1. The van der Waals surface area contributed by atoms with Gasteiger partial charge in [-0.2, -0.15) is 9.78 Å². The molecule has 0 fully saturated rings. The zero-order valence-electron chi connectivity index (χ0n) is 16.5. The van der Waals surface area contributed by atoms with Crippen molar-refractivity contribution in [1.82, 2.24) is 19.7 Å². The quantitative estimate of drug-likeness (QED) is 0.466. The van der Waals surface area contributed by atoms with Crippen LogP contribution in [0.5, 0.6) is 0 Å². The van der Waals surface area contributed by atoms with Crippen molar-refractivity contribution < 1.29 is 9.21 Å². The van der Waals surface area contributed by atoms with Crippen LogP contribution in [0.1, 0.15) is 21.8 Å². The highest BCUT2D eigenvalue weighted by Crippen LogP contribution is 2.13. The van der Waals surface area contributed by atoms with Gasteiger partial charge in [0.15, 0.2) is 0 Å². The lowest BCUT2D eigenvalue weighted by atomic mass is 10.2. The molecule has 0 spiro atoms. The molecule has 2 aromatic carbocycles. The average Bonchev–Trinajstić information content (AvgIpc) is 3.30. The normalized spacial score (nSPS) is 10.8. The van der Waals surface area contributed by atoms with Crippen LogP contribution in [0.4, 0.5) is 0 Å². The molecule has 0 aliphatic rings. The van der Waals surface area contributed by atoms with E-state index in [0.717, 1.165) is 9.25 Å². The first kappa shape index (κ1) is 21.6. The number of carbonyl (C=O) groups excluding carboxylic acids is 1. The summed E-state index contributed by atoms with van der Waals surface area (Å²) in [6.07, 6.45) is 1.47. The van der Waals surface area contributed by atoms with Gasteiger partial charge in [0.2, 0.25) is 5.69 Å². The van der Waals surface area contributed by atoms with Gasteiger partial charge >= 0.3 is 5.69 Å². The summed E-state index contributed by atoms with van der Waals surface area (Å²) >= 11 is 12.0. The molecular formula is C22H16Cl2N4O4. The van der Waals surface area contributed by atoms with E-state index in [2.05, 4.69) is 10.4 Å². The van der Waals surface area contributed by atoms with Crippen LogP contribution in [0.2, 0.25) is 10.0 Å². The van der Waals surface area contributed by atoms with Gasteiger partial charge < -0.3 is 9.73 Å². The molecule has 0 bridgehead atoms. The van der Waals surface area contributed by atoms with Crippen molar-refractivity contribution >= 4 is 29.1 Å². The number of rotatable bonds is 6. The molecule has 0 atom stereocenters. The number of furan rings is 1. The number of hydrogen-bond acceptors (Lipinski definition) is 5. The third-order valence-corrected chi connectivity index (χ3v) is 5.07. The summed E-state index contributed by atoms with van der Waals surface area (Å²) in [5.74, 6) is -0.238. The molecule has 8 nitrogen and oxygen atoms in total. The molecule has 32 heavy (non-hydrogen) atoms. The maximum Gasteiger partial charge on any atom is 0.352 e. The van der Waals surface area contributed by atoms with E-state index in [1.165, 1.54) is 6.26 Å². The predicted molar refractivity (Wildman–Crippen MR) is 120 cm³/mol. The third-order valence-electron chi connectivity index (χ3n) is 4.58. The van der Waals surface area contributed by atoms with E-state index >= 15 is 0 Å². The van der Waals surface area contributed by atoms with E-state index in [4.69, 9.17) is 27.6 Å². The summed E-state index contributed by atoms with van der Waals surface area (Å²) in [7, 11) is 0. The van der Waals surface area contributed by atoms with Crippen molar-refractivity contribution in [2.45, 2.75) is 13.1 Å². The molecule has 0 aliphatic carbocycles. The first-order valence-electron chi connectivity index (χ1n) is 9.47. The summed E-state index contributed by atoms with van der Waals surface area (Å²) in [6.45, 7) is -0.0336. The van der Waals surface area contributed by atoms with Crippen LogP contribution in [0.3, 0.4) is 0 Å². The van der Waals surface area contributed by atoms with Crippen molar-refractivity contribution in [2.75, 3.05) is 0 Å².